The first-order valence-electron chi connectivity index (χ1n) is 8.07. The monoisotopic (exact) mass is 322 g/mol. The number of aromatic nitrogens is 5. The van der Waals surface area contributed by atoms with Crippen molar-refractivity contribution in [1.29, 1.82) is 0 Å². The van der Waals surface area contributed by atoms with Gasteiger partial charge in [-0.2, -0.15) is 0 Å². The fourth-order valence-electron chi connectivity index (χ4n) is 2.62. The van der Waals surface area contributed by atoms with Crippen LogP contribution in [0.25, 0.3) is 11.4 Å². The maximum Gasteiger partial charge on any atom is 0.163 e. The molecule has 0 aliphatic rings. The largest absolute Gasteiger partial charge is 0.359 e. The van der Waals surface area contributed by atoms with Crippen molar-refractivity contribution in [1.82, 2.24) is 24.5 Å². The Labute approximate surface area is 142 Å². The predicted molar refractivity (Wildman–Crippen MR) is 94.9 cm³/mol. The lowest BCUT2D eigenvalue weighted by Crippen LogP contribution is -2.23. The average molecular weight is 322 g/mol. The van der Waals surface area contributed by atoms with Crippen molar-refractivity contribution in [2.75, 3.05) is 18.5 Å². The highest BCUT2D eigenvalue weighted by Gasteiger charge is 2.13. The van der Waals surface area contributed by atoms with Crippen LogP contribution in [0.1, 0.15) is 17.7 Å². The SMILES string of the molecule is Cc1nc(-c2cccnc2)nc(N(C)CCCn2ccnc2)c1C. The Balaban J connectivity index is 1.77. The maximum absolute atomic E-state index is 4.77. The van der Waals surface area contributed by atoms with Crippen LogP contribution in [0.15, 0.2) is 43.2 Å². The zero-order chi connectivity index (χ0) is 16.9. The second-order valence-electron chi connectivity index (χ2n) is 5.90. The third kappa shape index (κ3) is 3.59. The van der Waals surface area contributed by atoms with Crippen LogP contribution in [0.3, 0.4) is 0 Å². The van der Waals surface area contributed by atoms with Crippen molar-refractivity contribution in [2.24, 2.45) is 0 Å². The Morgan fingerprint density at radius 1 is 1.12 bits per heavy atom. The molecule has 0 N–H and O–H groups in total. The second-order valence-corrected chi connectivity index (χ2v) is 5.90. The molecule has 24 heavy (non-hydrogen) atoms. The molecule has 6 heteroatoms. The summed E-state index contributed by atoms with van der Waals surface area (Å²) < 4.78 is 2.09. The van der Waals surface area contributed by atoms with E-state index in [2.05, 4.69) is 38.4 Å². The van der Waals surface area contributed by atoms with Gasteiger partial charge >= 0.3 is 0 Å². The smallest absolute Gasteiger partial charge is 0.163 e. The number of anilines is 1. The summed E-state index contributed by atoms with van der Waals surface area (Å²) in [7, 11) is 2.08. The average Bonchev–Trinajstić information content (AvgIpc) is 3.11. The zero-order valence-corrected chi connectivity index (χ0v) is 14.3. The molecule has 0 atom stereocenters. The van der Waals surface area contributed by atoms with Gasteiger partial charge < -0.3 is 9.47 Å². The van der Waals surface area contributed by atoms with Crippen molar-refractivity contribution >= 4 is 5.82 Å². The molecule has 3 heterocycles. The molecule has 3 aromatic rings. The summed E-state index contributed by atoms with van der Waals surface area (Å²) >= 11 is 0. The summed E-state index contributed by atoms with van der Waals surface area (Å²) in [6.07, 6.45) is 10.2. The van der Waals surface area contributed by atoms with E-state index in [0.717, 1.165) is 48.0 Å². The Bertz CT molecular complexity index is 783. The van der Waals surface area contributed by atoms with Crippen molar-refractivity contribution < 1.29 is 0 Å². The maximum atomic E-state index is 4.77. The van der Waals surface area contributed by atoms with Gasteiger partial charge in [0.05, 0.1) is 6.33 Å². The van der Waals surface area contributed by atoms with E-state index in [1.165, 1.54) is 0 Å². The van der Waals surface area contributed by atoms with Gasteiger partial charge in [0.15, 0.2) is 5.82 Å². The van der Waals surface area contributed by atoms with Gasteiger partial charge in [-0.05, 0) is 32.4 Å². The minimum atomic E-state index is 0.725. The standard InChI is InChI=1S/C18H22N6/c1-14-15(2)21-17(16-6-4-7-19-12-16)22-18(14)23(3)9-5-10-24-11-8-20-13-24/h4,6-8,11-13H,5,9-10H2,1-3H3. The number of rotatable bonds is 6. The van der Waals surface area contributed by atoms with Crippen LogP contribution in [-0.2, 0) is 6.54 Å². The van der Waals surface area contributed by atoms with Crippen molar-refractivity contribution in [3.05, 3.63) is 54.5 Å². The van der Waals surface area contributed by atoms with E-state index in [-0.39, 0.29) is 0 Å². The van der Waals surface area contributed by atoms with Gasteiger partial charge in [0, 0.05) is 61.7 Å². The molecule has 3 rings (SSSR count). The first kappa shape index (κ1) is 16.1. The summed E-state index contributed by atoms with van der Waals surface area (Å²) in [5, 5.41) is 0. The first-order chi connectivity index (χ1) is 11.6. The molecular weight excluding hydrogens is 300 g/mol. The third-order valence-electron chi connectivity index (χ3n) is 4.11. The molecule has 0 amide bonds. The van der Waals surface area contributed by atoms with Crippen LogP contribution in [0, 0.1) is 13.8 Å². The number of nitrogens with zero attached hydrogens (tertiary/aromatic N) is 6. The molecule has 0 saturated heterocycles. The van der Waals surface area contributed by atoms with Crippen LogP contribution >= 0.6 is 0 Å². The third-order valence-corrected chi connectivity index (χ3v) is 4.11. The van der Waals surface area contributed by atoms with Crippen molar-refractivity contribution in [3.8, 4) is 11.4 Å². The van der Waals surface area contributed by atoms with Crippen LogP contribution < -0.4 is 4.90 Å². The van der Waals surface area contributed by atoms with E-state index >= 15 is 0 Å². The summed E-state index contributed by atoms with van der Waals surface area (Å²) in [6.45, 7) is 5.97. The van der Waals surface area contributed by atoms with Gasteiger partial charge in [0.1, 0.15) is 5.82 Å². The number of hydrogen-bond donors (Lipinski definition) is 0. The van der Waals surface area contributed by atoms with E-state index in [9.17, 15) is 0 Å². The molecule has 0 bridgehead atoms. The highest BCUT2D eigenvalue weighted by Crippen LogP contribution is 2.23. The Morgan fingerprint density at radius 3 is 2.71 bits per heavy atom. The Kier molecular flexibility index (Phi) is 4.84. The molecule has 0 radical (unpaired) electrons. The predicted octanol–water partition coefficient (Wildman–Crippen LogP) is 2.88. The summed E-state index contributed by atoms with van der Waals surface area (Å²) in [5.41, 5.74) is 3.06. The molecule has 0 saturated carbocycles. The van der Waals surface area contributed by atoms with Crippen LogP contribution in [-0.4, -0.2) is 38.1 Å². The molecule has 0 spiro atoms. The fraction of sp³-hybridized carbons (Fsp3) is 0.333. The van der Waals surface area contributed by atoms with E-state index in [0.29, 0.717) is 0 Å². The van der Waals surface area contributed by atoms with Crippen LogP contribution in [0.4, 0.5) is 5.82 Å². The van der Waals surface area contributed by atoms with Crippen molar-refractivity contribution in [3.63, 3.8) is 0 Å². The van der Waals surface area contributed by atoms with Gasteiger partial charge in [0.25, 0.3) is 0 Å². The lowest BCUT2D eigenvalue weighted by Gasteiger charge is -2.21. The molecule has 124 valence electrons. The van der Waals surface area contributed by atoms with E-state index in [1.54, 1.807) is 12.4 Å². The minimum absolute atomic E-state index is 0.725. The highest BCUT2D eigenvalue weighted by atomic mass is 15.2. The van der Waals surface area contributed by atoms with Gasteiger partial charge in [-0.25, -0.2) is 15.0 Å². The van der Waals surface area contributed by atoms with E-state index in [4.69, 9.17) is 4.98 Å². The number of imidazole rings is 1. The first-order valence-corrected chi connectivity index (χ1v) is 8.07. The minimum Gasteiger partial charge on any atom is -0.359 e. The molecular formula is C18H22N6. The Hall–Kier alpha value is -2.76. The lowest BCUT2D eigenvalue weighted by molar-refractivity contribution is 0.635. The quantitative estimate of drug-likeness (QED) is 0.698. The van der Waals surface area contributed by atoms with Crippen LogP contribution in [0.2, 0.25) is 0 Å². The highest BCUT2D eigenvalue weighted by molar-refractivity contribution is 5.59. The van der Waals surface area contributed by atoms with Crippen LogP contribution in [0.5, 0.6) is 0 Å². The topological polar surface area (TPSA) is 59.7 Å². The molecule has 0 aliphatic carbocycles. The number of hydrogen-bond acceptors (Lipinski definition) is 5. The number of aryl methyl sites for hydroxylation is 2. The van der Waals surface area contributed by atoms with Crippen molar-refractivity contribution in [2.45, 2.75) is 26.8 Å². The molecule has 0 aromatic carbocycles. The summed E-state index contributed by atoms with van der Waals surface area (Å²) in [6, 6.07) is 3.89. The zero-order valence-electron chi connectivity index (χ0n) is 14.3. The summed E-state index contributed by atoms with van der Waals surface area (Å²) in [4.78, 5) is 19.8. The Morgan fingerprint density at radius 2 is 2.00 bits per heavy atom. The summed E-state index contributed by atoms with van der Waals surface area (Å²) in [5.74, 6) is 1.70. The molecule has 0 aliphatic heterocycles. The molecule has 6 nitrogen and oxygen atoms in total. The lowest BCUT2D eigenvalue weighted by atomic mass is 10.2. The molecule has 0 fully saturated rings. The van der Waals surface area contributed by atoms with Gasteiger partial charge in [-0.1, -0.05) is 0 Å². The molecule has 0 unspecified atom stereocenters. The number of pyridine rings is 1. The molecule has 3 aromatic heterocycles. The van der Waals surface area contributed by atoms with E-state index in [1.807, 2.05) is 37.8 Å². The van der Waals surface area contributed by atoms with Gasteiger partial charge in [0.2, 0.25) is 0 Å². The van der Waals surface area contributed by atoms with E-state index < -0.39 is 0 Å². The van der Waals surface area contributed by atoms with Gasteiger partial charge in [-0.3, -0.25) is 4.98 Å². The fourth-order valence-corrected chi connectivity index (χ4v) is 2.62. The normalized spacial score (nSPS) is 10.8. The van der Waals surface area contributed by atoms with Gasteiger partial charge in [-0.15, -0.1) is 0 Å². The second kappa shape index (κ2) is 7.21.